The van der Waals surface area contributed by atoms with Crippen molar-refractivity contribution in [2.45, 2.75) is 31.1 Å². The van der Waals surface area contributed by atoms with Gasteiger partial charge in [0.25, 0.3) is 0 Å². The average Bonchev–Trinajstić information content (AvgIpc) is 2.27. The number of allylic oxidation sites excluding steroid dienone is 6. The van der Waals surface area contributed by atoms with Crippen molar-refractivity contribution in [1.29, 1.82) is 0 Å². The minimum atomic E-state index is -0.373. The minimum absolute atomic E-state index is 0.184. The first kappa shape index (κ1) is 9.72. The highest BCUT2D eigenvalue weighted by Gasteiger charge is 2.33. The maximum absolute atomic E-state index is 11.8. The highest BCUT2D eigenvalue weighted by atomic mass is 35.5. The van der Waals surface area contributed by atoms with Gasteiger partial charge < -0.3 is 0 Å². The van der Waals surface area contributed by atoms with Crippen LogP contribution in [0.4, 0.5) is 0 Å². The van der Waals surface area contributed by atoms with E-state index in [1.54, 1.807) is 0 Å². The number of ketones is 1. The van der Waals surface area contributed by atoms with E-state index in [1.807, 2.05) is 25.2 Å². The number of Topliss-reactive ketones (excluding diaryl/α,β-unsaturated/α-hetero) is 1. The van der Waals surface area contributed by atoms with Crippen molar-refractivity contribution < 1.29 is 4.79 Å². The molecule has 0 spiro atoms. The molecular weight excluding hydrogens is 196 g/mol. The van der Waals surface area contributed by atoms with Crippen LogP contribution in [0.5, 0.6) is 0 Å². The Labute approximate surface area is 89.1 Å². The molecule has 14 heavy (non-hydrogen) atoms. The number of carbonyl (C=O) groups is 1. The van der Waals surface area contributed by atoms with Gasteiger partial charge in [-0.25, -0.2) is 0 Å². The fraction of sp³-hybridized carbons (Fsp3) is 0.417. The molecule has 0 saturated carbocycles. The van der Waals surface area contributed by atoms with Gasteiger partial charge in [0.15, 0.2) is 5.78 Å². The van der Waals surface area contributed by atoms with Crippen LogP contribution in [0, 0.1) is 0 Å². The van der Waals surface area contributed by atoms with Gasteiger partial charge in [0.05, 0.1) is 4.87 Å². The second kappa shape index (κ2) is 3.39. The van der Waals surface area contributed by atoms with E-state index >= 15 is 0 Å². The zero-order chi connectivity index (χ0) is 10.2. The molecule has 1 nitrogen and oxygen atoms in total. The summed E-state index contributed by atoms with van der Waals surface area (Å²) >= 11 is 6.24. The number of halogens is 1. The summed E-state index contributed by atoms with van der Waals surface area (Å²) in [5, 5.41) is 0. The summed E-state index contributed by atoms with van der Waals surface area (Å²) in [4.78, 5) is 11.4. The Bertz CT molecular complexity index is 359. The molecule has 2 heteroatoms. The maximum Gasteiger partial charge on any atom is 0.164 e. The van der Waals surface area contributed by atoms with E-state index in [2.05, 4.69) is 6.08 Å². The lowest BCUT2D eigenvalue weighted by molar-refractivity contribution is -0.116. The molecule has 0 fully saturated rings. The first-order valence-corrected chi connectivity index (χ1v) is 5.24. The van der Waals surface area contributed by atoms with Crippen molar-refractivity contribution in [3.63, 3.8) is 0 Å². The van der Waals surface area contributed by atoms with Crippen LogP contribution >= 0.6 is 11.6 Å². The molecule has 0 saturated heterocycles. The summed E-state index contributed by atoms with van der Waals surface area (Å²) < 4.78 is 0. The number of hydrogen-bond donors (Lipinski definition) is 0. The van der Waals surface area contributed by atoms with Crippen molar-refractivity contribution in [3.8, 4) is 0 Å². The second-order valence-corrected chi connectivity index (χ2v) is 5.11. The normalized spacial score (nSPS) is 31.7. The van der Waals surface area contributed by atoms with Crippen LogP contribution in [0.2, 0.25) is 0 Å². The number of hydrogen-bond acceptors (Lipinski definition) is 1. The maximum atomic E-state index is 11.8. The van der Waals surface area contributed by atoms with Crippen LogP contribution in [0.3, 0.4) is 0 Å². The zero-order valence-corrected chi connectivity index (χ0v) is 8.97. The molecule has 1 atom stereocenters. The topological polar surface area (TPSA) is 17.1 Å². The van der Waals surface area contributed by atoms with Crippen LogP contribution in [-0.2, 0) is 4.79 Å². The molecule has 2 aliphatic rings. The molecule has 0 radical (unpaired) electrons. The Kier molecular flexibility index (Phi) is 2.36. The third-order valence-electron chi connectivity index (χ3n) is 2.67. The SMILES string of the molecule is CC1(Cl)CC(=O)C2=C(CC=CC=C2)C1. The van der Waals surface area contributed by atoms with Crippen molar-refractivity contribution >= 4 is 17.4 Å². The van der Waals surface area contributed by atoms with Gasteiger partial charge in [-0.2, -0.15) is 0 Å². The largest absolute Gasteiger partial charge is 0.294 e. The van der Waals surface area contributed by atoms with E-state index in [4.69, 9.17) is 11.6 Å². The molecule has 0 amide bonds. The minimum Gasteiger partial charge on any atom is -0.294 e. The van der Waals surface area contributed by atoms with Gasteiger partial charge >= 0.3 is 0 Å². The van der Waals surface area contributed by atoms with E-state index in [0.29, 0.717) is 6.42 Å². The molecule has 74 valence electrons. The Hall–Kier alpha value is -0.820. The standard InChI is InChI=1S/C12H13ClO/c1-12(13)7-9-5-3-2-4-6-10(9)11(14)8-12/h2-4,6H,5,7-8H2,1H3. The smallest absolute Gasteiger partial charge is 0.164 e. The van der Waals surface area contributed by atoms with Crippen LogP contribution in [-0.4, -0.2) is 10.7 Å². The fourth-order valence-electron chi connectivity index (χ4n) is 2.06. The van der Waals surface area contributed by atoms with Crippen LogP contribution < -0.4 is 0 Å². The molecule has 0 aromatic carbocycles. The Morgan fingerprint density at radius 1 is 1.36 bits per heavy atom. The highest BCUT2D eigenvalue weighted by molar-refractivity contribution is 6.26. The summed E-state index contributed by atoms with van der Waals surface area (Å²) in [5.41, 5.74) is 2.07. The molecule has 0 N–H and O–H groups in total. The van der Waals surface area contributed by atoms with E-state index in [-0.39, 0.29) is 10.7 Å². The Morgan fingerprint density at radius 2 is 2.14 bits per heavy atom. The van der Waals surface area contributed by atoms with Crippen molar-refractivity contribution in [2.75, 3.05) is 0 Å². The molecule has 1 unspecified atom stereocenters. The van der Waals surface area contributed by atoms with Gasteiger partial charge in [-0.3, -0.25) is 4.79 Å². The molecule has 2 rings (SSSR count). The van der Waals surface area contributed by atoms with E-state index in [1.165, 1.54) is 5.57 Å². The third-order valence-corrected chi connectivity index (χ3v) is 2.93. The lowest BCUT2D eigenvalue weighted by Crippen LogP contribution is -2.28. The van der Waals surface area contributed by atoms with Gasteiger partial charge in [-0.1, -0.05) is 29.9 Å². The molecule has 0 aromatic heterocycles. The number of carbonyl (C=O) groups excluding carboxylic acids is 1. The van der Waals surface area contributed by atoms with Crippen LogP contribution in [0.1, 0.15) is 26.2 Å². The van der Waals surface area contributed by atoms with Crippen molar-refractivity contribution in [2.24, 2.45) is 0 Å². The predicted molar refractivity (Wildman–Crippen MR) is 58.4 cm³/mol. The summed E-state index contributed by atoms with van der Waals surface area (Å²) in [7, 11) is 0. The first-order chi connectivity index (χ1) is 6.58. The molecule has 0 bridgehead atoms. The quantitative estimate of drug-likeness (QED) is 0.559. The van der Waals surface area contributed by atoms with E-state index in [0.717, 1.165) is 18.4 Å². The van der Waals surface area contributed by atoms with Crippen LogP contribution in [0.25, 0.3) is 0 Å². The number of alkyl halides is 1. The van der Waals surface area contributed by atoms with E-state index in [9.17, 15) is 4.79 Å². The van der Waals surface area contributed by atoms with Gasteiger partial charge in [0.1, 0.15) is 0 Å². The molecule has 2 aliphatic carbocycles. The summed E-state index contributed by atoms with van der Waals surface area (Å²) in [6, 6.07) is 0. The molecular formula is C12H13ClO. The second-order valence-electron chi connectivity index (χ2n) is 4.20. The molecule has 0 heterocycles. The Balaban J connectivity index is 2.39. The van der Waals surface area contributed by atoms with Gasteiger partial charge in [-0.05, 0) is 19.8 Å². The van der Waals surface area contributed by atoms with Crippen LogP contribution in [0.15, 0.2) is 35.5 Å². The van der Waals surface area contributed by atoms with Crippen molar-refractivity contribution in [3.05, 3.63) is 35.5 Å². The summed E-state index contributed by atoms with van der Waals surface area (Å²) in [5.74, 6) is 0.184. The third kappa shape index (κ3) is 1.83. The van der Waals surface area contributed by atoms with Gasteiger partial charge in [-0.15, -0.1) is 11.6 Å². The predicted octanol–water partition coefficient (Wildman–Crippen LogP) is 3.16. The molecule has 0 aliphatic heterocycles. The Morgan fingerprint density at radius 3 is 2.93 bits per heavy atom. The fourth-order valence-corrected chi connectivity index (χ4v) is 2.35. The monoisotopic (exact) mass is 208 g/mol. The van der Waals surface area contributed by atoms with Gasteiger partial charge in [0.2, 0.25) is 0 Å². The summed E-state index contributed by atoms with van der Waals surface area (Å²) in [6.07, 6.45) is 10.0. The molecule has 0 aromatic rings. The number of rotatable bonds is 0. The zero-order valence-electron chi connectivity index (χ0n) is 8.22. The summed E-state index contributed by atoms with van der Waals surface area (Å²) in [6.45, 7) is 1.94. The highest BCUT2D eigenvalue weighted by Crippen LogP contribution is 2.37. The average molecular weight is 209 g/mol. The lowest BCUT2D eigenvalue weighted by atomic mass is 9.82. The van der Waals surface area contributed by atoms with Gasteiger partial charge in [0, 0.05) is 12.0 Å². The lowest BCUT2D eigenvalue weighted by Gasteiger charge is -2.28. The first-order valence-electron chi connectivity index (χ1n) is 4.86. The van der Waals surface area contributed by atoms with E-state index < -0.39 is 0 Å². The van der Waals surface area contributed by atoms with Crippen molar-refractivity contribution in [1.82, 2.24) is 0 Å².